The van der Waals surface area contributed by atoms with Crippen LogP contribution in [0.4, 0.5) is 10.5 Å². The summed E-state index contributed by atoms with van der Waals surface area (Å²) >= 11 is 0. The molecule has 0 atom stereocenters. The highest BCUT2D eigenvalue weighted by Gasteiger charge is 2.37. The van der Waals surface area contributed by atoms with Crippen LogP contribution in [0.25, 0.3) is 6.08 Å². The molecular weight excluding hydrogens is 480 g/mol. The van der Waals surface area contributed by atoms with Crippen molar-refractivity contribution in [3.8, 4) is 11.5 Å². The van der Waals surface area contributed by atoms with Crippen molar-refractivity contribution >= 4 is 35.6 Å². The number of imide groups is 2. The fourth-order valence-corrected chi connectivity index (χ4v) is 3.63. The first-order valence-corrected chi connectivity index (χ1v) is 11.2. The second-order valence-electron chi connectivity index (χ2n) is 8.18. The van der Waals surface area contributed by atoms with Crippen molar-refractivity contribution in [2.45, 2.75) is 20.5 Å². The standard InChI is InChI=1S/C27H24N2O8/c1-15-5-7-18(11-16(15)2)29-25(31)20(24(30)28-27(29)33)12-17-6-9-21(23(13-17)34-3)36-14-19-8-10-22(37-19)26(32)35-4/h5-13H,14H2,1-4H3,(H,28,30,33)/b20-12-. The number of ether oxygens (including phenoxy) is 3. The first kappa shape index (κ1) is 25.2. The molecule has 1 N–H and O–H groups in total. The van der Waals surface area contributed by atoms with Crippen LogP contribution in [0, 0.1) is 13.8 Å². The Morgan fingerprint density at radius 1 is 0.973 bits per heavy atom. The lowest BCUT2D eigenvalue weighted by molar-refractivity contribution is -0.122. The monoisotopic (exact) mass is 504 g/mol. The molecule has 4 rings (SSSR count). The van der Waals surface area contributed by atoms with Crippen LogP contribution in [0.3, 0.4) is 0 Å². The van der Waals surface area contributed by atoms with Crippen molar-refractivity contribution in [2.75, 3.05) is 19.1 Å². The third-order valence-corrected chi connectivity index (χ3v) is 5.77. The van der Waals surface area contributed by atoms with Gasteiger partial charge in [-0.05, 0) is 73.0 Å². The van der Waals surface area contributed by atoms with Crippen molar-refractivity contribution < 1.29 is 37.8 Å². The Labute approximate surface area is 212 Å². The summed E-state index contributed by atoms with van der Waals surface area (Å²) in [5.41, 5.74) is 2.53. The maximum atomic E-state index is 13.2. The van der Waals surface area contributed by atoms with E-state index in [1.165, 1.54) is 26.4 Å². The van der Waals surface area contributed by atoms with Crippen LogP contribution in [0.2, 0.25) is 0 Å². The number of hydrogen-bond acceptors (Lipinski definition) is 8. The number of carbonyl (C=O) groups is 4. The van der Waals surface area contributed by atoms with Gasteiger partial charge in [-0.3, -0.25) is 14.9 Å². The molecule has 0 unspecified atom stereocenters. The lowest BCUT2D eigenvalue weighted by Crippen LogP contribution is -2.54. The van der Waals surface area contributed by atoms with Crippen LogP contribution in [-0.4, -0.2) is 38.0 Å². The summed E-state index contributed by atoms with van der Waals surface area (Å²) in [6, 6.07) is 12.2. The van der Waals surface area contributed by atoms with E-state index in [0.717, 1.165) is 16.0 Å². The van der Waals surface area contributed by atoms with Crippen molar-refractivity contribution in [1.82, 2.24) is 5.32 Å². The minimum Gasteiger partial charge on any atom is -0.493 e. The molecule has 1 aliphatic rings. The molecule has 1 fully saturated rings. The Morgan fingerprint density at radius 3 is 2.46 bits per heavy atom. The zero-order chi connectivity index (χ0) is 26.7. The molecular formula is C27H24N2O8. The van der Waals surface area contributed by atoms with Crippen LogP contribution in [0.5, 0.6) is 11.5 Å². The highest BCUT2D eigenvalue weighted by atomic mass is 16.5. The normalized spacial score (nSPS) is 14.5. The SMILES string of the molecule is COC(=O)c1ccc(COc2ccc(/C=C3/C(=O)NC(=O)N(c4ccc(C)c(C)c4)C3=O)cc2OC)o1. The number of benzene rings is 2. The van der Waals surface area contributed by atoms with Gasteiger partial charge >= 0.3 is 12.0 Å². The molecule has 0 radical (unpaired) electrons. The highest BCUT2D eigenvalue weighted by Crippen LogP contribution is 2.31. The van der Waals surface area contributed by atoms with Crippen LogP contribution < -0.4 is 19.7 Å². The molecule has 3 aromatic rings. The van der Waals surface area contributed by atoms with E-state index in [-0.39, 0.29) is 17.9 Å². The van der Waals surface area contributed by atoms with Gasteiger partial charge in [-0.1, -0.05) is 12.1 Å². The number of urea groups is 1. The highest BCUT2D eigenvalue weighted by molar-refractivity contribution is 6.39. The molecule has 0 bridgehead atoms. The summed E-state index contributed by atoms with van der Waals surface area (Å²) in [5.74, 6) is -0.982. The Bertz CT molecular complexity index is 1440. The molecule has 1 aliphatic heterocycles. The largest absolute Gasteiger partial charge is 0.493 e. The third-order valence-electron chi connectivity index (χ3n) is 5.77. The van der Waals surface area contributed by atoms with Gasteiger partial charge in [-0.2, -0.15) is 0 Å². The molecule has 0 spiro atoms. The van der Waals surface area contributed by atoms with Gasteiger partial charge in [0.2, 0.25) is 5.76 Å². The van der Waals surface area contributed by atoms with Crippen LogP contribution in [0.15, 0.2) is 58.5 Å². The number of hydrogen-bond donors (Lipinski definition) is 1. The van der Waals surface area contributed by atoms with Gasteiger partial charge in [-0.15, -0.1) is 0 Å². The number of rotatable bonds is 7. The van der Waals surface area contributed by atoms with Crippen molar-refractivity contribution in [1.29, 1.82) is 0 Å². The lowest BCUT2D eigenvalue weighted by atomic mass is 10.0. The quantitative estimate of drug-likeness (QED) is 0.292. The Hall–Kier alpha value is -4.86. The summed E-state index contributed by atoms with van der Waals surface area (Å²) in [6.45, 7) is 3.80. The van der Waals surface area contributed by atoms with Crippen LogP contribution >= 0.6 is 0 Å². The number of furan rings is 1. The number of esters is 1. The summed E-state index contributed by atoms with van der Waals surface area (Å²) in [6.07, 6.45) is 1.37. The number of methoxy groups -OCH3 is 2. The average Bonchev–Trinajstić information content (AvgIpc) is 3.36. The smallest absolute Gasteiger partial charge is 0.373 e. The fraction of sp³-hybridized carbons (Fsp3) is 0.185. The number of carbonyl (C=O) groups excluding carboxylic acids is 4. The topological polar surface area (TPSA) is 124 Å². The third kappa shape index (κ3) is 5.22. The number of aryl methyl sites for hydroxylation is 2. The molecule has 1 aromatic heterocycles. The number of nitrogens with zero attached hydrogens (tertiary/aromatic N) is 1. The first-order chi connectivity index (χ1) is 17.7. The molecule has 0 saturated carbocycles. The maximum Gasteiger partial charge on any atom is 0.373 e. The minimum atomic E-state index is -0.815. The molecule has 37 heavy (non-hydrogen) atoms. The molecule has 4 amide bonds. The first-order valence-electron chi connectivity index (χ1n) is 11.2. The summed E-state index contributed by atoms with van der Waals surface area (Å²) in [5, 5.41) is 2.21. The molecule has 190 valence electrons. The Kier molecular flexibility index (Phi) is 7.10. The van der Waals surface area contributed by atoms with E-state index in [1.54, 1.807) is 42.5 Å². The Morgan fingerprint density at radius 2 is 1.76 bits per heavy atom. The zero-order valence-corrected chi connectivity index (χ0v) is 20.6. The molecule has 0 aliphatic carbocycles. The van der Waals surface area contributed by atoms with Crippen LogP contribution in [0.1, 0.15) is 33.0 Å². The summed E-state index contributed by atoms with van der Waals surface area (Å²) in [7, 11) is 2.70. The average molecular weight is 504 g/mol. The van der Waals surface area contributed by atoms with E-state index in [4.69, 9.17) is 13.9 Å². The van der Waals surface area contributed by atoms with E-state index < -0.39 is 23.8 Å². The molecule has 10 heteroatoms. The van der Waals surface area contributed by atoms with E-state index in [1.807, 2.05) is 13.8 Å². The predicted molar refractivity (Wildman–Crippen MR) is 132 cm³/mol. The molecule has 2 aromatic carbocycles. The van der Waals surface area contributed by atoms with Gasteiger partial charge < -0.3 is 18.6 Å². The summed E-state index contributed by atoms with van der Waals surface area (Å²) in [4.78, 5) is 50.6. The number of anilines is 1. The number of amides is 4. The zero-order valence-electron chi connectivity index (χ0n) is 20.6. The Balaban J connectivity index is 1.56. The van der Waals surface area contributed by atoms with Gasteiger partial charge in [0.25, 0.3) is 11.8 Å². The number of nitrogens with one attached hydrogen (secondary N) is 1. The molecule has 2 heterocycles. The maximum absolute atomic E-state index is 13.2. The van der Waals surface area contributed by atoms with Gasteiger partial charge in [0, 0.05) is 0 Å². The van der Waals surface area contributed by atoms with Gasteiger partial charge in [0.15, 0.2) is 11.5 Å². The second kappa shape index (κ2) is 10.4. The van der Waals surface area contributed by atoms with E-state index >= 15 is 0 Å². The predicted octanol–water partition coefficient (Wildman–Crippen LogP) is 3.94. The minimum absolute atomic E-state index is 0.0156. The van der Waals surface area contributed by atoms with E-state index in [2.05, 4.69) is 10.1 Å². The van der Waals surface area contributed by atoms with Crippen LogP contribution in [-0.2, 0) is 20.9 Å². The van der Waals surface area contributed by atoms with Crippen molar-refractivity contribution in [3.05, 3.63) is 82.3 Å². The van der Waals surface area contributed by atoms with Gasteiger partial charge in [-0.25, -0.2) is 14.5 Å². The van der Waals surface area contributed by atoms with E-state index in [9.17, 15) is 19.2 Å². The lowest BCUT2D eigenvalue weighted by Gasteiger charge is -2.26. The van der Waals surface area contributed by atoms with Gasteiger partial charge in [0.1, 0.15) is 17.9 Å². The van der Waals surface area contributed by atoms with Crippen molar-refractivity contribution in [3.63, 3.8) is 0 Å². The molecule has 1 saturated heterocycles. The van der Waals surface area contributed by atoms with Crippen molar-refractivity contribution in [2.24, 2.45) is 0 Å². The molecule has 10 nitrogen and oxygen atoms in total. The van der Waals surface area contributed by atoms with E-state index in [0.29, 0.717) is 28.5 Å². The second-order valence-corrected chi connectivity index (χ2v) is 8.18. The summed E-state index contributed by atoms with van der Waals surface area (Å²) < 4.78 is 21.1. The van der Waals surface area contributed by atoms with Gasteiger partial charge in [0.05, 0.1) is 19.9 Å². The number of barbiturate groups is 1. The fourth-order valence-electron chi connectivity index (χ4n) is 3.63.